The van der Waals surface area contributed by atoms with Crippen LogP contribution in [-0.2, 0) is 21.4 Å². The van der Waals surface area contributed by atoms with Gasteiger partial charge in [-0.25, -0.2) is 0 Å². The SMILES string of the molecule is C=CCN1CC[C@]23CC(=O)CC[C@@]2(OC)[C@H]1Cc1ccc(O)c(OC)c13. The van der Waals surface area contributed by atoms with Gasteiger partial charge in [-0.1, -0.05) is 12.1 Å². The summed E-state index contributed by atoms with van der Waals surface area (Å²) in [6, 6.07) is 3.87. The molecular formula is C21H27NO4. The summed E-state index contributed by atoms with van der Waals surface area (Å²) in [5.74, 6) is 0.914. The average molecular weight is 357 g/mol. The number of benzene rings is 1. The van der Waals surface area contributed by atoms with Crippen LogP contribution in [0.4, 0.5) is 0 Å². The van der Waals surface area contributed by atoms with E-state index < -0.39 is 11.0 Å². The van der Waals surface area contributed by atoms with Crippen LogP contribution in [-0.4, -0.2) is 54.7 Å². The lowest BCUT2D eigenvalue weighted by Gasteiger charge is -2.64. The van der Waals surface area contributed by atoms with E-state index in [1.165, 1.54) is 0 Å². The monoisotopic (exact) mass is 357 g/mol. The van der Waals surface area contributed by atoms with Crippen LogP contribution in [0.25, 0.3) is 0 Å². The first-order valence-electron chi connectivity index (χ1n) is 9.34. The number of aromatic hydroxyl groups is 1. The van der Waals surface area contributed by atoms with Gasteiger partial charge in [0.25, 0.3) is 0 Å². The first-order valence-corrected chi connectivity index (χ1v) is 9.34. The van der Waals surface area contributed by atoms with Gasteiger partial charge in [0.15, 0.2) is 11.5 Å². The number of piperidine rings is 1. The Hall–Kier alpha value is -1.85. The normalized spacial score (nSPS) is 33.3. The smallest absolute Gasteiger partial charge is 0.164 e. The molecule has 1 N–H and O–H groups in total. The molecule has 1 saturated carbocycles. The molecular weight excluding hydrogens is 330 g/mol. The standard InChI is InChI=1S/C21H27NO4/c1-4-10-22-11-9-20-13-15(23)7-8-21(20,26-3)17(22)12-14-5-6-16(24)19(25-2)18(14)20/h4-6,17,24H,1,7-13H2,2-3H3/t17-,20-,21-/m1/s1. The van der Waals surface area contributed by atoms with Crippen molar-refractivity contribution >= 4 is 5.78 Å². The molecule has 0 aromatic heterocycles. The van der Waals surface area contributed by atoms with Crippen LogP contribution < -0.4 is 4.74 Å². The van der Waals surface area contributed by atoms with Crippen molar-refractivity contribution in [3.8, 4) is 11.5 Å². The number of carbonyl (C=O) groups excluding carboxylic acids is 1. The number of hydrogen-bond acceptors (Lipinski definition) is 5. The van der Waals surface area contributed by atoms with E-state index >= 15 is 0 Å². The van der Waals surface area contributed by atoms with E-state index in [9.17, 15) is 9.90 Å². The lowest BCUT2D eigenvalue weighted by Crippen LogP contribution is -2.73. The summed E-state index contributed by atoms with van der Waals surface area (Å²) < 4.78 is 11.9. The minimum Gasteiger partial charge on any atom is -0.504 e. The third-order valence-corrected chi connectivity index (χ3v) is 6.94. The molecule has 5 heteroatoms. The predicted octanol–water partition coefficient (Wildman–Crippen LogP) is 2.59. The number of ether oxygens (including phenoxy) is 2. The maximum absolute atomic E-state index is 12.6. The number of nitrogens with zero attached hydrogens (tertiary/aromatic N) is 1. The largest absolute Gasteiger partial charge is 0.504 e. The third kappa shape index (κ3) is 2.07. The van der Waals surface area contributed by atoms with Crippen LogP contribution in [0, 0.1) is 0 Å². The molecule has 1 aliphatic heterocycles. The topological polar surface area (TPSA) is 59.0 Å². The van der Waals surface area contributed by atoms with Crippen molar-refractivity contribution in [2.45, 2.75) is 49.2 Å². The van der Waals surface area contributed by atoms with Gasteiger partial charge in [-0.2, -0.15) is 0 Å². The molecule has 2 fully saturated rings. The van der Waals surface area contributed by atoms with Crippen LogP contribution in [0.3, 0.4) is 0 Å². The number of rotatable bonds is 4. The Morgan fingerprint density at radius 3 is 2.88 bits per heavy atom. The van der Waals surface area contributed by atoms with Gasteiger partial charge >= 0.3 is 0 Å². The van der Waals surface area contributed by atoms with E-state index in [1.807, 2.05) is 12.1 Å². The van der Waals surface area contributed by atoms with E-state index in [0.29, 0.717) is 25.0 Å². The molecule has 4 rings (SSSR count). The van der Waals surface area contributed by atoms with Crippen LogP contribution in [0.15, 0.2) is 24.8 Å². The van der Waals surface area contributed by atoms with Crippen molar-refractivity contribution in [1.82, 2.24) is 4.90 Å². The molecule has 140 valence electrons. The molecule has 0 radical (unpaired) electrons. The fraction of sp³-hybridized carbons (Fsp3) is 0.571. The number of ketones is 1. The van der Waals surface area contributed by atoms with Gasteiger partial charge < -0.3 is 14.6 Å². The summed E-state index contributed by atoms with van der Waals surface area (Å²) in [4.78, 5) is 15.0. The lowest BCUT2D eigenvalue weighted by molar-refractivity contribution is -0.186. The number of fused-ring (bicyclic) bond motifs is 1. The van der Waals surface area contributed by atoms with E-state index in [-0.39, 0.29) is 17.6 Å². The summed E-state index contributed by atoms with van der Waals surface area (Å²) in [5.41, 5.74) is 1.25. The number of hydrogen-bond donors (Lipinski definition) is 1. The number of phenols is 1. The second kappa shape index (κ2) is 6.10. The molecule has 2 aliphatic carbocycles. The Kier molecular flexibility index (Phi) is 4.12. The Bertz CT molecular complexity index is 761. The second-order valence-corrected chi connectivity index (χ2v) is 7.80. The van der Waals surface area contributed by atoms with Crippen molar-refractivity contribution < 1.29 is 19.4 Å². The van der Waals surface area contributed by atoms with Gasteiger partial charge in [0.2, 0.25) is 0 Å². The number of carbonyl (C=O) groups is 1. The van der Waals surface area contributed by atoms with E-state index in [4.69, 9.17) is 9.47 Å². The van der Waals surface area contributed by atoms with Gasteiger partial charge in [0, 0.05) is 43.5 Å². The predicted molar refractivity (Wildman–Crippen MR) is 98.8 cm³/mol. The summed E-state index contributed by atoms with van der Waals surface area (Å²) >= 11 is 0. The zero-order chi connectivity index (χ0) is 18.5. The van der Waals surface area contributed by atoms with Crippen LogP contribution >= 0.6 is 0 Å². The molecule has 3 aliphatic rings. The van der Waals surface area contributed by atoms with Gasteiger partial charge in [0.05, 0.1) is 12.7 Å². The van der Waals surface area contributed by atoms with Crippen molar-refractivity contribution in [3.63, 3.8) is 0 Å². The van der Waals surface area contributed by atoms with Gasteiger partial charge in [-0.15, -0.1) is 6.58 Å². The average Bonchev–Trinajstić information content (AvgIpc) is 2.64. The molecule has 2 bridgehead atoms. The molecule has 0 unspecified atom stereocenters. The molecule has 0 spiro atoms. The van der Waals surface area contributed by atoms with E-state index in [2.05, 4.69) is 11.5 Å². The van der Waals surface area contributed by atoms with Crippen molar-refractivity contribution in [3.05, 3.63) is 35.9 Å². The number of Topliss-reactive ketones (excluding diaryl/α,β-unsaturated/α-hetero) is 1. The van der Waals surface area contributed by atoms with E-state index in [1.54, 1.807) is 20.3 Å². The van der Waals surface area contributed by atoms with E-state index in [0.717, 1.165) is 37.1 Å². The van der Waals surface area contributed by atoms with Crippen LogP contribution in [0.1, 0.15) is 36.8 Å². The second-order valence-electron chi connectivity index (χ2n) is 7.80. The highest BCUT2D eigenvalue weighted by Gasteiger charge is 2.66. The summed E-state index contributed by atoms with van der Waals surface area (Å²) in [6.45, 7) is 5.61. The van der Waals surface area contributed by atoms with Crippen molar-refractivity contribution in [2.24, 2.45) is 0 Å². The highest BCUT2D eigenvalue weighted by Crippen LogP contribution is 2.61. The quantitative estimate of drug-likeness (QED) is 0.840. The first kappa shape index (κ1) is 17.6. The fourth-order valence-corrected chi connectivity index (χ4v) is 5.97. The van der Waals surface area contributed by atoms with Gasteiger partial charge in [0.1, 0.15) is 5.78 Å². The van der Waals surface area contributed by atoms with Crippen molar-refractivity contribution in [1.29, 1.82) is 0 Å². The molecule has 1 aromatic rings. The number of methoxy groups -OCH3 is 2. The summed E-state index contributed by atoms with van der Waals surface area (Å²) in [5, 5.41) is 10.4. The van der Waals surface area contributed by atoms with Crippen LogP contribution in [0.2, 0.25) is 0 Å². The van der Waals surface area contributed by atoms with Crippen LogP contribution in [0.5, 0.6) is 11.5 Å². The Balaban J connectivity index is 2.00. The number of likely N-dealkylation sites (tertiary alicyclic amines) is 1. The molecule has 26 heavy (non-hydrogen) atoms. The molecule has 3 atom stereocenters. The molecule has 0 amide bonds. The minimum absolute atomic E-state index is 0.135. The molecule has 5 nitrogen and oxygen atoms in total. The molecule has 1 saturated heterocycles. The molecule has 1 heterocycles. The highest BCUT2D eigenvalue weighted by molar-refractivity contribution is 5.83. The maximum atomic E-state index is 12.6. The van der Waals surface area contributed by atoms with Gasteiger partial charge in [-0.3, -0.25) is 9.69 Å². The Morgan fingerprint density at radius 2 is 2.19 bits per heavy atom. The summed E-state index contributed by atoms with van der Waals surface area (Å²) in [6.07, 6.45) is 5.28. The maximum Gasteiger partial charge on any atom is 0.164 e. The zero-order valence-corrected chi connectivity index (χ0v) is 15.6. The fourth-order valence-electron chi connectivity index (χ4n) is 5.97. The lowest BCUT2D eigenvalue weighted by atomic mass is 9.49. The number of phenolic OH excluding ortho intramolecular Hbond substituents is 1. The molecule has 1 aromatic carbocycles. The van der Waals surface area contributed by atoms with Gasteiger partial charge in [-0.05, 0) is 37.4 Å². The Labute approximate surface area is 154 Å². The minimum atomic E-state index is -0.448. The highest BCUT2D eigenvalue weighted by atomic mass is 16.5. The summed E-state index contributed by atoms with van der Waals surface area (Å²) in [7, 11) is 3.36. The Morgan fingerprint density at radius 1 is 1.38 bits per heavy atom. The third-order valence-electron chi connectivity index (χ3n) is 6.94. The zero-order valence-electron chi connectivity index (χ0n) is 15.6. The van der Waals surface area contributed by atoms with Crippen molar-refractivity contribution in [2.75, 3.05) is 27.3 Å². The first-order chi connectivity index (χ1) is 12.5.